The van der Waals surface area contributed by atoms with Gasteiger partial charge in [0.25, 0.3) is 0 Å². The largest absolute Gasteiger partial charge is 0.286 e. The van der Waals surface area contributed by atoms with Crippen LogP contribution in [0, 0.1) is 6.92 Å². The van der Waals surface area contributed by atoms with Crippen LogP contribution in [-0.4, -0.2) is 23.8 Å². The minimum atomic E-state index is -0.475. The molecule has 1 radical (unpaired) electrons. The van der Waals surface area contributed by atoms with E-state index in [1.54, 1.807) is 0 Å². The Bertz CT molecular complexity index is 106. The molecule has 0 bridgehead atoms. The van der Waals surface area contributed by atoms with Gasteiger partial charge in [-0.1, -0.05) is 0 Å². The highest BCUT2D eigenvalue weighted by Crippen LogP contribution is 1.81. The Labute approximate surface area is 48.3 Å². The van der Waals surface area contributed by atoms with Crippen molar-refractivity contribution in [3.8, 4) is 0 Å². The molecule has 0 rings (SSSR count). The highest BCUT2D eigenvalue weighted by molar-refractivity contribution is 5.95. The Balaban J connectivity index is 3.83. The van der Waals surface area contributed by atoms with E-state index in [2.05, 4.69) is 6.92 Å². The molecule has 0 atom stereocenters. The van der Waals surface area contributed by atoms with Crippen molar-refractivity contribution in [2.24, 2.45) is 0 Å². The number of imide groups is 1. The zero-order chi connectivity index (χ0) is 6.73. The van der Waals surface area contributed by atoms with Crippen molar-refractivity contribution in [2.75, 3.05) is 7.05 Å². The van der Waals surface area contributed by atoms with Gasteiger partial charge in [0.15, 0.2) is 0 Å². The fraction of sp³-hybridized carbons (Fsp3) is 0.400. The van der Waals surface area contributed by atoms with Gasteiger partial charge in [0.1, 0.15) is 0 Å². The second-order valence-electron chi connectivity index (χ2n) is 1.47. The summed E-state index contributed by atoms with van der Waals surface area (Å²) in [5.74, 6) is -0.762. The summed E-state index contributed by atoms with van der Waals surface area (Å²) in [5, 5.41) is 0. The first-order chi connectivity index (χ1) is 3.55. The minimum Gasteiger partial charge on any atom is -0.286 e. The first-order valence-corrected chi connectivity index (χ1v) is 2.16. The lowest BCUT2D eigenvalue weighted by molar-refractivity contribution is -0.138. The molecule has 0 fully saturated rings. The molecule has 0 aliphatic heterocycles. The van der Waals surface area contributed by atoms with Gasteiger partial charge in [-0.2, -0.15) is 0 Å². The zero-order valence-electron chi connectivity index (χ0n) is 4.97. The average Bonchev–Trinajstić information content (AvgIpc) is 1.64. The van der Waals surface area contributed by atoms with Crippen LogP contribution in [0.4, 0.5) is 0 Å². The maximum atomic E-state index is 10.3. The predicted molar refractivity (Wildman–Crippen MR) is 28.8 cm³/mol. The second-order valence-corrected chi connectivity index (χ2v) is 1.47. The normalized spacial score (nSPS) is 8.38. The van der Waals surface area contributed by atoms with Gasteiger partial charge >= 0.3 is 0 Å². The van der Waals surface area contributed by atoms with Crippen LogP contribution in [-0.2, 0) is 9.59 Å². The van der Waals surface area contributed by atoms with Crippen LogP contribution >= 0.6 is 0 Å². The summed E-state index contributed by atoms with van der Waals surface area (Å²) in [6.45, 7) is 4.33. The number of nitrogens with zero attached hydrogens (tertiary/aromatic N) is 1. The van der Waals surface area contributed by atoms with Crippen molar-refractivity contribution in [1.82, 2.24) is 4.90 Å². The molecule has 0 aromatic rings. The molecule has 3 heteroatoms. The fourth-order valence-corrected chi connectivity index (χ4v) is 0.176. The Morgan fingerprint density at radius 1 is 1.50 bits per heavy atom. The third-order valence-electron chi connectivity index (χ3n) is 0.846. The number of carbonyl (C=O) groups is 2. The first-order valence-electron chi connectivity index (χ1n) is 2.16. The highest BCUT2D eigenvalue weighted by Gasteiger charge is 2.04. The molecule has 3 nitrogen and oxygen atoms in total. The van der Waals surface area contributed by atoms with E-state index in [-0.39, 0.29) is 5.91 Å². The maximum Gasteiger partial charge on any atom is 0.229 e. The zero-order valence-corrected chi connectivity index (χ0v) is 4.97. The van der Waals surface area contributed by atoms with Crippen molar-refractivity contribution in [3.05, 3.63) is 6.92 Å². The summed E-state index contributed by atoms with van der Waals surface area (Å²) in [5.41, 5.74) is 0. The number of hydrogen-bond acceptors (Lipinski definition) is 2. The molecule has 0 aliphatic carbocycles. The van der Waals surface area contributed by atoms with Gasteiger partial charge in [0, 0.05) is 20.9 Å². The molecule has 2 amide bonds. The van der Waals surface area contributed by atoms with Crippen LogP contribution in [0.3, 0.4) is 0 Å². The summed E-state index contributed by atoms with van der Waals surface area (Å²) in [6, 6.07) is 0. The fourth-order valence-electron chi connectivity index (χ4n) is 0.176. The van der Waals surface area contributed by atoms with E-state index in [1.807, 2.05) is 0 Å². The number of amides is 2. The smallest absolute Gasteiger partial charge is 0.229 e. The molecule has 0 saturated heterocycles. The lowest BCUT2D eigenvalue weighted by atomic mass is 10.5. The molecule has 0 saturated carbocycles. The van der Waals surface area contributed by atoms with Gasteiger partial charge in [0.2, 0.25) is 11.8 Å². The molecule has 0 N–H and O–H groups in total. The van der Waals surface area contributed by atoms with Crippen LogP contribution in [0.2, 0.25) is 0 Å². The van der Waals surface area contributed by atoms with Crippen molar-refractivity contribution in [1.29, 1.82) is 0 Å². The molecular formula is C5H8NO2. The van der Waals surface area contributed by atoms with Crippen molar-refractivity contribution < 1.29 is 9.59 Å². The molecular weight excluding hydrogens is 106 g/mol. The third kappa shape index (κ3) is 1.73. The van der Waals surface area contributed by atoms with Gasteiger partial charge in [0.05, 0.1) is 0 Å². The molecule has 0 aromatic carbocycles. The standard InChI is InChI=1S/C5H8NO2/c1-4(7)6(3)5(2)8/h1H2,2-3H3. The van der Waals surface area contributed by atoms with E-state index in [1.165, 1.54) is 14.0 Å². The van der Waals surface area contributed by atoms with Crippen molar-refractivity contribution >= 4 is 11.8 Å². The van der Waals surface area contributed by atoms with E-state index < -0.39 is 5.91 Å². The Morgan fingerprint density at radius 3 is 1.88 bits per heavy atom. The van der Waals surface area contributed by atoms with E-state index in [4.69, 9.17) is 0 Å². The molecule has 0 spiro atoms. The number of hydrogen-bond donors (Lipinski definition) is 0. The lowest BCUT2D eigenvalue weighted by Crippen LogP contribution is -2.28. The van der Waals surface area contributed by atoms with Crippen LogP contribution in [0.1, 0.15) is 6.92 Å². The van der Waals surface area contributed by atoms with Crippen LogP contribution in [0.25, 0.3) is 0 Å². The van der Waals surface area contributed by atoms with E-state index in [9.17, 15) is 9.59 Å². The Morgan fingerprint density at radius 2 is 1.88 bits per heavy atom. The predicted octanol–water partition coefficient (Wildman–Crippen LogP) is -0.175. The monoisotopic (exact) mass is 114 g/mol. The highest BCUT2D eigenvalue weighted by atomic mass is 16.2. The molecule has 0 unspecified atom stereocenters. The summed E-state index contributed by atoms with van der Waals surface area (Å²) in [7, 11) is 1.39. The van der Waals surface area contributed by atoms with E-state index in [0.29, 0.717) is 0 Å². The van der Waals surface area contributed by atoms with Crippen LogP contribution in [0.15, 0.2) is 0 Å². The van der Waals surface area contributed by atoms with Crippen LogP contribution < -0.4 is 0 Å². The Kier molecular flexibility index (Phi) is 2.19. The van der Waals surface area contributed by atoms with Gasteiger partial charge in [-0.05, 0) is 0 Å². The third-order valence-corrected chi connectivity index (χ3v) is 0.846. The molecule has 0 aliphatic rings. The van der Waals surface area contributed by atoms with Gasteiger partial charge < -0.3 is 0 Å². The molecule has 0 heterocycles. The summed E-state index contributed by atoms with van der Waals surface area (Å²) in [4.78, 5) is 21.4. The summed E-state index contributed by atoms with van der Waals surface area (Å²) in [6.07, 6.45) is 0. The van der Waals surface area contributed by atoms with Gasteiger partial charge in [-0.3, -0.25) is 14.5 Å². The molecule has 45 valence electrons. The number of rotatable bonds is 0. The van der Waals surface area contributed by atoms with Crippen molar-refractivity contribution in [3.63, 3.8) is 0 Å². The Hall–Kier alpha value is -0.860. The lowest BCUT2D eigenvalue weighted by Gasteiger charge is -2.07. The quantitative estimate of drug-likeness (QED) is 0.438. The van der Waals surface area contributed by atoms with Crippen LogP contribution in [0.5, 0.6) is 0 Å². The van der Waals surface area contributed by atoms with Gasteiger partial charge in [-0.25, -0.2) is 0 Å². The van der Waals surface area contributed by atoms with Crippen molar-refractivity contribution in [2.45, 2.75) is 6.92 Å². The summed E-state index contributed by atoms with van der Waals surface area (Å²) >= 11 is 0. The minimum absolute atomic E-state index is 0.287. The maximum absolute atomic E-state index is 10.3. The average molecular weight is 114 g/mol. The molecule has 0 aromatic heterocycles. The topological polar surface area (TPSA) is 37.4 Å². The van der Waals surface area contributed by atoms with Gasteiger partial charge in [-0.15, -0.1) is 0 Å². The number of carbonyl (C=O) groups excluding carboxylic acids is 2. The summed E-state index contributed by atoms with van der Waals surface area (Å²) < 4.78 is 0. The first kappa shape index (κ1) is 7.14. The van der Waals surface area contributed by atoms with E-state index >= 15 is 0 Å². The second kappa shape index (κ2) is 2.45. The van der Waals surface area contributed by atoms with E-state index in [0.717, 1.165) is 4.90 Å². The molecule has 8 heavy (non-hydrogen) atoms. The SMILES string of the molecule is [CH2]C(=O)N(C)C(C)=O.